The summed E-state index contributed by atoms with van der Waals surface area (Å²) in [6.07, 6.45) is 0.457. The standard InChI is InChI=1S/C23H17N3O7/c27-22-17-13-8-14(18(17)23(28)25(22)12-5-6-15-16(7-12)32-9-31-15)21-19(13)20(24-33-21)10-1-3-11(4-2-10)26(29)30/h1-7,13-14,17-19,21H,8-9H2/t13-,14-,17-,18-,19+,21+/m1/s1. The molecule has 10 heteroatoms. The molecule has 2 aromatic carbocycles. The van der Waals surface area contributed by atoms with E-state index in [1.54, 1.807) is 30.3 Å². The third kappa shape index (κ3) is 2.35. The van der Waals surface area contributed by atoms with Gasteiger partial charge in [0, 0.05) is 35.6 Å². The molecule has 1 saturated heterocycles. The number of oxime groups is 1. The minimum Gasteiger partial charge on any atom is -0.454 e. The van der Waals surface area contributed by atoms with Crippen molar-refractivity contribution in [3.05, 3.63) is 58.1 Å². The van der Waals surface area contributed by atoms with Gasteiger partial charge in [-0.3, -0.25) is 19.7 Å². The van der Waals surface area contributed by atoms with E-state index in [9.17, 15) is 19.7 Å². The Labute approximate surface area is 186 Å². The number of rotatable bonds is 3. The highest BCUT2D eigenvalue weighted by Gasteiger charge is 2.70. The number of non-ortho nitro benzene ring substituents is 1. The average molecular weight is 447 g/mol. The number of carbonyl (C=O) groups is 2. The third-order valence-corrected chi connectivity index (χ3v) is 7.68. The highest BCUT2D eigenvalue weighted by molar-refractivity contribution is 6.23. The summed E-state index contributed by atoms with van der Waals surface area (Å²) in [5, 5.41) is 15.3. The number of hydrogen-bond donors (Lipinski definition) is 0. The molecule has 0 N–H and O–H groups in total. The molecule has 3 aliphatic heterocycles. The number of carbonyl (C=O) groups excluding carboxylic acids is 2. The van der Waals surface area contributed by atoms with E-state index in [0.717, 1.165) is 12.0 Å². The minimum absolute atomic E-state index is 0.00115. The molecule has 6 atom stereocenters. The Morgan fingerprint density at radius 2 is 1.67 bits per heavy atom. The van der Waals surface area contributed by atoms with Crippen LogP contribution < -0.4 is 14.4 Å². The number of fused-ring (bicyclic) bond motifs is 9. The van der Waals surface area contributed by atoms with Crippen LogP contribution in [0.4, 0.5) is 11.4 Å². The summed E-state index contributed by atoms with van der Waals surface area (Å²) >= 11 is 0. The Hall–Kier alpha value is -3.95. The van der Waals surface area contributed by atoms with Gasteiger partial charge in [0.25, 0.3) is 5.69 Å². The van der Waals surface area contributed by atoms with Crippen molar-refractivity contribution in [1.29, 1.82) is 0 Å². The summed E-state index contributed by atoms with van der Waals surface area (Å²) in [6.45, 7) is 0.113. The van der Waals surface area contributed by atoms with Crippen LogP contribution in [0.5, 0.6) is 11.5 Å². The Morgan fingerprint density at radius 3 is 2.42 bits per heavy atom. The van der Waals surface area contributed by atoms with Crippen molar-refractivity contribution < 1.29 is 28.8 Å². The number of ether oxygens (including phenoxy) is 2. The maximum atomic E-state index is 13.5. The molecule has 5 aliphatic rings. The van der Waals surface area contributed by atoms with Crippen LogP contribution in [0.1, 0.15) is 12.0 Å². The second-order valence-corrected chi connectivity index (χ2v) is 9.04. The van der Waals surface area contributed by atoms with E-state index in [2.05, 4.69) is 5.16 Å². The van der Waals surface area contributed by atoms with Crippen molar-refractivity contribution in [2.75, 3.05) is 11.7 Å². The zero-order valence-electron chi connectivity index (χ0n) is 17.1. The van der Waals surface area contributed by atoms with E-state index in [-0.39, 0.29) is 48.2 Å². The van der Waals surface area contributed by atoms with Gasteiger partial charge in [-0.1, -0.05) is 5.16 Å². The van der Waals surface area contributed by atoms with Crippen LogP contribution in [0.2, 0.25) is 0 Å². The fourth-order valence-corrected chi connectivity index (χ4v) is 6.40. The number of benzene rings is 2. The van der Waals surface area contributed by atoms with Crippen LogP contribution in [0.3, 0.4) is 0 Å². The molecule has 3 fully saturated rings. The van der Waals surface area contributed by atoms with Gasteiger partial charge in [-0.2, -0.15) is 0 Å². The SMILES string of the molecule is O=C1[C@@H]2[C@H]3C[C@@H]([C@H]4C(c5ccc([N+](=O)[O-])cc5)=NO[C@@H]34)[C@H]2C(=O)N1c1ccc2c(c1)OCO2. The van der Waals surface area contributed by atoms with Gasteiger partial charge < -0.3 is 14.3 Å². The highest BCUT2D eigenvalue weighted by Crippen LogP contribution is 2.62. The highest BCUT2D eigenvalue weighted by atomic mass is 16.7. The molecule has 10 nitrogen and oxygen atoms in total. The molecule has 166 valence electrons. The Bertz CT molecular complexity index is 1270. The second-order valence-electron chi connectivity index (χ2n) is 9.04. The number of amides is 2. The average Bonchev–Trinajstić information content (AvgIpc) is 3.61. The first-order valence-corrected chi connectivity index (χ1v) is 10.8. The minimum atomic E-state index is -0.449. The van der Waals surface area contributed by atoms with Crippen molar-refractivity contribution in [1.82, 2.24) is 0 Å². The number of nitro groups is 1. The summed E-state index contributed by atoms with van der Waals surface area (Å²) < 4.78 is 10.8. The van der Waals surface area contributed by atoms with Gasteiger partial charge in [0.1, 0.15) is 6.10 Å². The molecule has 0 unspecified atom stereocenters. The van der Waals surface area contributed by atoms with Crippen LogP contribution in [-0.2, 0) is 14.4 Å². The lowest BCUT2D eigenvalue weighted by Gasteiger charge is -2.29. The summed E-state index contributed by atoms with van der Waals surface area (Å²) in [6, 6.07) is 11.3. The number of imide groups is 1. The van der Waals surface area contributed by atoms with Crippen molar-refractivity contribution in [2.24, 2.45) is 34.7 Å². The topological polar surface area (TPSA) is 121 Å². The monoisotopic (exact) mass is 447 g/mol. The zero-order chi connectivity index (χ0) is 22.4. The van der Waals surface area contributed by atoms with Gasteiger partial charge in [-0.25, -0.2) is 4.90 Å². The maximum absolute atomic E-state index is 13.5. The number of hydrogen-bond acceptors (Lipinski definition) is 8. The largest absolute Gasteiger partial charge is 0.454 e. The molecular formula is C23H17N3O7. The molecule has 2 aromatic rings. The predicted molar refractivity (Wildman–Crippen MR) is 112 cm³/mol. The van der Waals surface area contributed by atoms with E-state index >= 15 is 0 Å². The van der Waals surface area contributed by atoms with Gasteiger partial charge >= 0.3 is 0 Å². The Kier molecular flexibility index (Phi) is 3.56. The smallest absolute Gasteiger partial charge is 0.269 e. The van der Waals surface area contributed by atoms with Gasteiger partial charge in [-0.05, 0) is 36.6 Å². The first-order chi connectivity index (χ1) is 16.0. The van der Waals surface area contributed by atoms with Crippen LogP contribution in [0.25, 0.3) is 0 Å². The van der Waals surface area contributed by atoms with E-state index in [1.165, 1.54) is 17.0 Å². The molecule has 33 heavy (non-hydrogen) atoms. The summed E-state index contributed by atoms with van der Waals surface area (Å²) in [5.74, 6) is -0.458. The van der Waals surface area contributed by atoms with Gasteiger partial charge in [-0.15, -0.1) is 0 Å². The van der Waals surface area contributed by atoms with Gasteiger partial charge in [0.2, 0.25) is 18.6 Å². The number of nitrogens with zero attached hydrogens (tertiary/aromatic N) is 3. The van der Waals surface area contributed by atoms with Crippen LogP contribution in [0.15, 0.2) is 47.6 Å². The summed E-state index contributed by atoms with van der Waals surface area (Å²) in [7, 11) is 0. The van der Waals surface area contributed by atoms with Crippen molar-refractivity contribution >= 4 is 28.9 Å². The molecule has 2 saturated carbocycles. The first-order valence-electron chi connectivity index (χ1n) is 10.8. The van der Waals surface area contributed by atoms with Crippen molar-refractivity contribution in [3.63, 3.8) is 0 Å². The maximum Gasteiger partial charge on any atom is 0.269 e. The lowest BCUT2D eigenvalue weighted by atomic mass is 9.71. The molecule has 2 amide bonds. The molecular weight excluding hydrogens is 430 g/mol. The number of anilines is 1. The van der Waals surface area contributed by atoms with Gasteiger partial charge in [0.15, 0.2) is 11.5 Å². The Morgan fingerprint density at radius 1 is 0.939 bits per heavy atom. The number of nitro benzene ring substituents is 1. The second kappa shape index (κ2) is 6.31. The molecule has 2 bridgehead atoms. The normalized spacial score (nSPS) is 32.6. The van der Waals surface area contributed by atoms with Crippen LogP contribution in [0, 0.1) is 39.7 Å². The first kappa shape index (κ1) is 18.6. The zero-order valence-corrected chi connectivity index (χ0v) is 17.1. The van der Waals surface area contributed by atoms with Crippen LogP contribution in [-0.4, -0.2) is 35.3 Å². The third-order valence-electron chi connectivity index (χ3n) is 7.68. The summed E-state index contributed by atoms with van der Waals surface area (Å²) in [4.78, 5) is 44.5. The fourth-order valence-electron chi connectivity index (χ4n) is 6.40. The quantitative estimate of drug-likeness (QED) is 0.403. The van der Waals surface area contributed by atoms with Crippen molar-refractivity contribution in [3.8, 4) is 11.5 Å². The molecule has 3 heterocycles. The lowest BCUT2D eigenvalue weighted by Crippen LogP contribution is -2.41. The van der Waals surface area contributed by atoms with E-state index in [1.807, 2.05) is 0 Å². The van der Waals surface area contributed by atoms with E-state index < -0.39 is 16.8 Å². The molecule has 7 rings (SSSR count). The summed E-state index contributed by atoms with van der Waals surface area (Å²) in [5.41, 5.74) is 1.92. The molecule has 2 aliphatic carbocycles. The molecule has 0 spiro atoms. The fraction of sp³-hybridized carbons (Fsp3) is 0.348. The van der Waals surface area contributed by atoms with Crippen LogP contribution >= 0.6 is 0 Å². The molecule has 0 radical (unpaired) electrons. The lowest BCUT2D eigenvalue weighted by molar-refractivity contribution is -0.384. The Balaban J connectivity index is 1.21. The molecule has 0 aromatic heterocycles. The van der Waals surface area contributed by atoms with Gasteiger partial charge in [0.05, 0.1) is 28.2 Å². The van der Waals surface area contributed by atoms with E-state index in [4.69, 9.17) is 14.3 Å². The predicted octanol–water partition coefficient (Wildman–Crippen LogP) is 2.50. The van der Waals surface area contributed by atoms with Crippen molar-refractivity contribution in [2.45, 2.75) is 12.5 Å². The van der Waals surface area contributed by atoms with E-state index in [0.29, 0.717) is 22.9 Å².